The van der Waals surface area contributed by atoms with Gasteiger partial charge in [-0.15, -0.1) is 6.42 Å². The van der Waals surface area contributed by atoms with E-state index in [-0.39, 0.29) is 5.41 Å². The zero-order chi connectivity index (χ0) is 15.5. The molecule has 3 fully saturated rings. The van der Waals surface area contributed by atoms with Crippen molar-refractivity contribution in [2.75, 3.05) is 0 Å². The van der Waals surface area contributed by atoms with E-state index in [1.165, 1.54) is 12.0 Å². The van der Waals surface area contributed by atoms with Gasteiger partial charge in [0.05, 0.1) is 0 Å². The first-order valence-electron chi connectivity index (χ1n) is 8.92. The number of aliphatic hydroxyl groups is 1. The van der Waals surface area contributed by atoms with Gasteiger partial charge in [-0.2, -0.15) is 0 Å². The molecule has 22 heavy (non-hydrogen) atoms. The summed E-state index contributed by atoms with van der Waals surface area (Å²) >= 11 is 0. The molecule has 3 saturated carbocycles. The van der Waals surface area contributed by atoms with Crippen molar-refractivity contribution < 1.29 is 9.90 Å². The lowest BCUT2D eigenvalue weighted by Gasteiger charge is -2.54. The van der Waals surface area contributed by atoms with Crippen molar-refractivity contribution in [3.8, 4) is 12.3 Å². The Kier molecular flexibility index (Phi) is 3.11. The standard InChI is InChI=1S/C20H26O2/c1-3-20(22)11-9-18-17-6-4-13-12-14(21)5-7-15(13)16(17)8-10-19(18,20)2/h1,12,15-18,22H,4-11H2,2H3/t15-,16-,17+,18+,19-,20+/m1/s1. The molecule has 1 N–H and O–H groups in total. The quantitative estimate of drug-likeness (QED) is 0.695. The van der Waals surface area contributed by atoms with Gasteiger partial charge in [0.2, 0.25) is 0 Å². The number of hydrogen-bond acceptors (Lipinski definition) is 2. The van der Waals surface area contributed by atoms with Gasteiger partial charge < -0.3 is 5.11 Å². The van der Waals surface area contributed by atoms with Crippen LogP contribution in [0.3, 0.4) is 0 Å². The van der Waals surface area contributed by atoms with Crippen molar-refractivity contribution in [2.45, 2.75) is 63.9 Å². The Morgan fingerprint density at radius 1 is 1.18 bits per heavy atom. The number of rotatable bonds is 0. The lowest BCUT2D eigenvalue weighted by Crippen LogP contribution is -2.52. The summed E-state index contributed by atoms with van der Waals surface area (Å²) < 4.78 is 0. The predicted molar refractivity (Wildman–Crippen MR) is 85.9 cm³/mol. The van der Waals surface area contributed by atoms with Crippen molar-refractivity contribution in [3.63, 3.8) is 0 Å². The number of terminal acetylenes is 1. The molecule has 2 heteroatoms. The zero-order valence-corrected chi connectivity index (χ0v) is 13.5. The predicted octanol–water partition coefficient (Wildman–Crippen LogP) is 3.49. The summed E-state index contributed by atoms with van der Waals surface area (Å²) in [5.41, 5.74) is 0.418. The summed E-state index contributed by atoms with van der Waals surface area (Å²) in [7, 11) is 0. The normalized spacial score (nSPS) is 50.4. The van der Waals surface area contributed by atoms with Crippen molar-refractivity contribution >= 4 is 5.78 Å². The minimum atomic E-state index is -0.902. The fourth-order valence-electron chi connectivity index (χ4n) is 6.43. The molecule has 0 spiro atoms. The maximum Gasteiger partial charge on any atom is 0.155 e. The summed E-state index contributed by atoms with van der Waals surface area (Å²) in [6.07, 6.45) is 15.7. The molecular formula is C20H26O2. The molecule has 4 aliphatic rings. The average Bonchev–Trinajstić information content (AvgIpc) is 2.79. The monoisotopic (exact) mass is 298 g/mol. The Hall–Kier alpha value is -1.07. The number of fused-ring (bicyclic) bond motifs is 5. The van der Waals surface area contributed by atoms with Crippen molar-refractivity contribution in [1.29, 1.82) is 0 Å². The first kappa shape index (κ1) is 14.5. The zero-order valence-electron chi connectivity index (χ0n) is 13.5. The Morgan fingerprint density at radius 3 is 2.77 bits per heavy atom. The molecule has 0 radical (unpaired) electrons. The van der Waals surface area contributed by atoms with Crippen LogP contribution in [0, 0.1) is 41.4 Å². The topological polar surface area (TPSA) is 37.3 Å². The van der Waals surface area contributed by atoms with Crippen molar-refractivity contribution in [2.24, 2.45) is 29.1 Å². The minimum absolute atomic E-state index is 0.103. The van der Waals surface area contributed by atoms with Gasteiger partial charge in [-0.3, -0.25) is 4.79 Å². The summed E-state index contributed by atoms with van der Waals surface area (Å²) in [6.45, 7) is 2.23. The lowest BCUT2D eigenvalue weighted by atomic mass is 9.50. The SMILES string of the molecule is C#C[C@]1(O)CC[C@H]2[C@H]3CCC4=CC(=O)CC[C@H]4[C@H]3CC[C@]21C. The number of allylic oxidation sites excluding steroid dienone is 1. The van der Waals surface area contributed by atoms with Gasteiger partial charge >= 0.3 is 0 Å². The van der Waals surface area contributed by atoms with Crippen molar-refractivity contribution in [1.82, 2.24) is 0 Å². The number of hydrogen-bond donors (Lipinski definition) is 1. The Balaban J connectivity index is 1.65. The average molecular weight is 298 g/mol. The molecule has 4 rings (SSSR count). The van der Waals surface area contributed by atoms with Crippen LogP contribution in [0.5, 0.6) is 0 Å². The molecule has 0 amide bonds. The van der Waals surface area contributed by atoms with E-state index in [9.17, 15) is 9.90 Å². The maximum atomic E-state index is 11.7. The van der Waals surface area contributed by atoms with E-state index in [1.807, 2.05) is 6.08 Å². The van der Waals surface area contributed by atoms with Crippen LogP contribution in [0.2, 0.25) is 0 Å². The molecule has 2 nitrogen and oxygen atoms in total. The number of ketones is 1. The van der Waals surface area contributed by atoms with Gasteiger partial charge in [-0.05, 0) is 74.7 Å². The number of carbonyl (C=O) groups is 1. The third-order valence-electron chi connectivity index (χ3n) is 7.69. The molecule has 0 aromatic carbocycles. The van der Waals surface area contributed by atoms with Crippen molar-refractivity contribution in [3.05, 3.63) is 11.6 Å². The van der Waals surface area contributed by atoms with Gasteiger partial charge in [0.1, 0.15) is 5.60 Å². The summed E-state index contributed by atoms with van der Waals surface area (Å²) in [5, 5.41) is 10.9. The van der Waals surface area contributed by atoms with Crippen LogP contribution in [-0.4, -0.2) is 16.5 Å². The highest BCUT2D eigenvalue weighted by Crippen LogP contribution is 2.64. The molecular weight excluding hydrogens is 272 g/mol. The maximum absolute atomic E-state index is 11.7. The fourth-order valence-corrected chi connectivity index (χ4v) is 6.43. The Morgan fingerprint density at radius 2 is 2.00 bits per heavy atom. The van der Waals surface area contributed by atoms with Crippen LogP contribution in [0.25, 0.3) is 0 Å². The smallest absolute Gasteiger partial charge is 0.155 e. The largest absolute Gasteiger partial charge is 0.377 e. The molecule has 0 unspecified atom stereocenters. The second-order valence-electron chi connectivity index (χ2n) is 8.30. The highest BCUT2D eigenvalue weighted by Gasteiger charge is 2.61. The molecule has 0 aliphatic heterocycles. The summed E-state index contributed by atoms with van der Waals surface area (Å²) in [6, 6.07) is 0. The fraction of sp³-hybridized carbons (Fsp3) is 0.750. The van der Waals surface area contributed by atoms with Gasteiger partial charge in [0, 0.05) is 11.8 Å². The van der Waals surface area contributed by atoms with E-state index in [0.717, 1.165) is 44.9 Å². The lowest BCUT2D eigenvalue weighted by molar-refractivity contribution is -0.116. The molecule has 4 aliphatic carbocycles. The molecule has 0 aromatic heterocycles. The van der Waals surface area contributed by atoms with E-state index in [1.54, 1.807) is 0 Å². The van der Waals surface area contributed by atoms with E-state index in [4.69, 9.17) is 6.42 Å². The van der Waals surface area contributed by atoms with Gasteiger partial charge in [-0.1, -0.05) is 18.4 Å². The van der Waals surface area contributed by atoms with E-state index >= 15 is 0 Å². The first-order valence-corrected chi connectivity index (χ1v) is 8.92. The van der Waals surface area contributed by atoms with Crippen LogP contribution < -0.4 is 0 Å². The highest BCUT2D eigenvalue weighted by molar-refractivity contribution is 5.91. The molecule has 0 bridgehead atoms. The third kappa shape index (κ3) is 1.75. The number of carbonyl (C=O) groups excluding carboxylic acids is 1. The first-order chi connectivity index (χ1) is 10.5. The molecule has 118 valence electrons. The van der Waals surface area contributed by atoms with Gasteiger partial charge in [0.15, 0.2) is 5.78 Å². The highest BCUT2D eigenvalue weighted by atomic mass is 16.3. The van der Waals surface area contributed by atoms with Gasteiger partial charge in [-0.25, -0.2) is 0 Å². The summed E-state index contributed by atoms with van der Waals surface area (Å²) in [5.74, 6) is 5.66. The van der Waals surface area contributed by atoms with Crippen LogP contribution in [-0.2, 0) is 4.79 Å². The molecule has 0 aromatic rings. The Labute approximate surface area is 133 Å². The van der Waals surface area contributed by atoms with Crippen LogP contribution in [0.4, 0.5) is 0 Å². The van der Waals surface area contributed by atoms with Gasteiger partial charge in [0.25, 0.3) is 0 Å². The molecule has 0 heterocycles. The molecule has 0 saturated heterocycles. The van der Waals surface area contributed by atoms with E-state index in [0.29, 0.717) is 29.5 Å². The van der Waals surface area contributed by atoms with Crippen LogP contribution in [0.1, 0.15) is 58.3 Å². The second-order valence-corrected chi connectivity index (χ2v) is 8.30. The minimum Gasteiger partial charge on any atom is -0.377 e. The van der Waals surface area contributed by atoms with E-state index in [2.05, 4.69) is 12.8 Å². The van der Waals surface area contributed by atoms with E-state index < -0.39 is 5.60 Å². The third-order valence-corrected chi connectivity index (χ3v) is 7.69. The second kappa shape index (κ2) is 4.71. The summed E-state index contributed by atoms with van der Waals surface area (Å²) in [4.78, 5) is 11.7. The van der Waals surface area contributed by atoms with Crippen LogP contribution in [0.15, 0.2) is 11.6 Å². The van der Waals surface area contributed by atoms with Crippen LogP contribution >= 0.6 is 0 Å². The molecule has 6 atom stereocenters. The Bertz CT molecular complexity index is 583.